The average Bonchev–Trinajstić information content (AvgIpc) is 2.86. The van der Waals surface area contributed by atoms with E-state index in [1.165, 1.54) is 12.1 Å². The van der Waals surface area contributed by atoms with E-state index in [9.17, 15) is 14.7 Å². The van der Waals surface area contributed by atoms with Crippen molar-refractivity contribution in [2.75, 3.05) is 0 Å². The van der Waals surface area contributed by atoms with Gasteiger partial charge in [-0.25, -0.2) is 0 Å². The van der Waals surface area contributed by atoms with Crippen LogP contribution >= 0.6 is 0 Å². The molecule has 0 radical (unpaired) electrons. The quantitative estimate of drug-likeness (QED) is 0.884. The second kappa shape index (κ2) is 6.50. The highest BCUT2D eigenvalue weighted by Gasteiger charge is 2.32. The Kier molecular flexibility index (Phi) is 4.24. The van der Waals surface area contributed by atoms with E-state index in [0.29, 0.717) is 11.3 Å². The van der Waals surface area contributed by atoms with Gasteiger partial charge in [0.25, 0.3) is 11.8 Å². The van der Waals surface area contributed by atoms with E-state index in [1.54, 1.807) is 25.1 Å². The molecule has 120 valence electrons. The van der Waals surface area contributed by atoms with Crippen LogP contribution in [0.15, 0.2) is 65.3 Å². The molecule has 0 aliphatic carbocycles. The lowest BCUT2D eigenvalue weighted by Crippen LogP contribution is -2.30. The van der Waals surface area contributed by atoms with Crippen LogP contribution < -0.4 is 0 Å². The van der Waals surface area contributed by atoms with Crippen LogP contribution in [-0.2, 0) is 16.0 Å². The average molecular weight is 320 g/mol. The van der Waals surface area contributed by atoms with Gasteiger partial charge in [0.05, 0.1) is 17.7 Å². The maximum atomic E-state index is 12.5. The summed E-state index contributed by atoms with van der Waals surface area (Å²) in [6.07, 6.45) is 1.78. The highest BCUT2D eigenvalue weighted by Crippen LogP contribution is 2.20. The first-order valence-electron chi connectivity index (χ1n) is 7.52. The van der Waals surface area contributed by atoms with Crippen LogP contribution in [0.25, 0.3) is 6.08 Å². The Morgan fingerprint density at radius 3 is 2.46 bits per heavy atom. The zero-order valence-electron chi connectivity index (χ0n) is 13.1. The third-order valence-electron chi connectivity index (χ3n) is 3.70. The van der Waals surface area contributed by atoms with Crippen LogP contribution in [0.2, 0.25) is 0 Å². The van der Waals surface area contributed by atoms with Gasteiger partial charge in [0.15, 0.2) is 0 Å². The first-order chi connectivity index (χ1) is 11.5. The predicted octanol–water partition coefficient (Wildman–Crippen LogP) is 2.76. The predicted molar refractivity (Wildman–Crippen MR) is 91.2 cm³/mol. The smallest absolute Gasteiger partial charge is 0.283 e. The first kappa shape index (κ1) is 15.7. The Morgan fingerprint density at radius 2 is 1.79 bits per heavy atom. The van der Waals surface area contributed by atoms with Gasteiger partial charge in [-0.1, -0.05) is 42.5 Å². The van der Waals surface area contributed by atoms with Gasteiger partial charge in [-0.2, -0.15) is 10.1 Å². The van der Waals surface area contributed by atoms with Gasteiger partial charge in [0, 0.05) is 0 Å². The van der Waals surface area contributed by atoms with Crippen LogP contribution in [-0.4, -0.2) is 27.6 Å². The lowest BCUT2D eigenvalue weighted by atomic mass is 10.1. The molecule has 0 unspecified atom stereocenters. The number of carbonyl (C=O) groups is 2. The van der Waals surface area contributed by atoms with Crippen LogP contribution in [0.4, 0.5) is 0 Å². The molecule has 3 rings (SSSR count). The number of carbonyl (C=O) groups excluding carboxylic acids is 2. The molecule has 0 fully saturated rings. The molecule has 0 aromatic heterocycles. The zero-order valence-corrected chi connectivity index (χ0v) is 13.1. The van der Waals surface area contributed by atoms with Crippen molar-refractivity contribution in [1.82, 2.24) is 5.01 Å². The maximum absolute atomic E-state index is 12.5. The Morgan fingerprint density at radius 1 is 1.12 bits per heavy atom. The van der Waals surface area contributed by atoms with E-state index < -0.39 is 5.91 Å². The second-order valence-electron chi connectivity index (χ2n) is 5.51. The number of amides is 2. The van der Waals surface area contributed by atoms with Crippen molar-refractivity contribution in [3.8, 4) is 5.75 Å². The van der Waals surface area contributed by atoms with E-state index in [0.717, 1.165) is 16.1 Å². The number of rotatable bonds is 3. The number of imide groups is 1. The summed E-state index contributed by atoms with van der Waals surface area (Å²) >= 11 is 0. The highest BCUT2D eigenvalue weighted by atomic mass is 16.3. The monoisotopic (exact) mass is 320 g/mol. The molecule has 0 saturated heterocycles. The minimum absolute atomic E-state index is 0.121. The van der Waals surface area contributed by atoms with Gasteiger partial charge >= 0.3 is 0 Å². The van der Waals surface area contributed by atoms with Crippen molar-refractivity contribution in [3.63, 3.8) is 0 Å². The summed E-state index contributed by atoms with van der Waals surface area (Å²) in [6, 6.07) is 15.7. The first-order valence-corrected chi connectivity index (χ1v) is 7.52. The molecule has 1 aliphatic rings. The Labute approximate surface area is 139 Å². The molecule has 0 atom stereocenters. The van der Waals surface area contributed by atoms with Crippen LogP contribution in [0.1, 0.15) is 18.1 Å². The number of nitrogens with zero attached hydrogens (tertiary/aromatic N) is 2. The van der Waals surface area contributed by atoms with Crippen molar-refractivity contribution in [3.05, 3.63) is 71.3 Å². The molecule has 0 spiro atoms. The topological polar surface area (TPSA) is 70.0 Å². The zero-order chi connectivity index (χ0) is 17.1. The molecule has 0 saturated carbocycles. The normalized spacial score (nSPS) is 15.7. The summed E-state index contributed by atoms with van der Waals surface area (Å²) in [6.45, 7) is 1.69. The van der Waals surface area contributed by atoms with Gasteiger partial charge in [-0.05, 0) is 36.3 Å². The lowest BCUT2D eigenvalue weighted by molar-refractivity contribution is -0.141. The van der Waals surface area contributed by atoms with Crippen molar-refractivity contribution in [2.45, 2.75) is 13.3 Å². The number of benzene rings is 2. The Balaban J connectivity index is 1.80. The van der Waals surface area contributed by atoms with E-state index in [4.69, 9.17) is 0 Å². The van der Waals surface area contributed by atoms with E-state index >= 15 is 0 Å². The molecule has 1 aliphatic heterocycles. The summed E-state index contributed by atoms with van der Waals surface area (Å²) in [4.78, 5) is 24.8. The minimum Gasteiger partial charge on any atom is -0.508 e. The molecule has 2 aromatic rings. The number of hydrazone groups is 1. The third kappa shape index (κ3) is 3.25. The Hall–Kier alpha value is -3.21. The molecule has 1 N–H and O–H groups in total. The summed E-state index contributed by atoms with van der Waals surface area (Å²) in [5, 5.41) is 14.3. The number of aromatic hydroxyl groups is 1. The SMILES string of the molecule is CC1=NN(C(=O)Cc2ccccc2)C(=O)/C1=C\c1ccc(O)cc1. The summed E-state index contributed by atoms with van der Waals surface area (Å²) in [7, 11) is 0. The molecule has 0 bridgehead atoms. The van der Waals surface area contributed by atoms with Gasteiger partial charge in [-0.3, -0.25) is 9.59 Å². The van der Waals surface area contributed by atoms with Gasteiger partial charge in [-0.15, -0.1) is 0 Å². The fraction of sp³-hybridized carbons (Fsp3) is 0.105. The van der Waals surface area contributed by atoms with Crippen LogP contribution in [0.5, 0.6) is 5.75 Å². The molecule has 2 aromatic carbocycles. The molecule has 24 heavy (non-hydrogen) atoms. The van der Waals surface area contributed by atoms with Crippen molar-refractivity contribution in [1.29, 1.82) is 0 Å². The molecular formula is C19H16N2O3. The highest BCUT2D eigenvalue weighted by molar-refractivity contribution is 6.29. The van der Waals surface area contributed by atoms with Gasteiger partial charge in [0.2, 0.25) is 0 Å². The number of hydrogen-bond acceptors (Lipinski definition) is 4. The number of phenolic OH excluding ortho intramolecular Hbond substituents is 1. The number of phenols is 1. The number of hydrogen-bond donors (Lipinski definition) is 1. The fourth-order valence-corrected chi connectivity index (χ4v) is 2.44. The van der Waals surface area contributed by atoms with Gasteiger partial charge in [0.1, 0.15) is 5.75 Å². The minimum atomic E-state index is -0.429. The lowest BCUT2D eigenvalue weighted by Gasteiger charge is -2.09. The van der Waals surface area contributed by atoms with Crippen molar-refractivity contribution >= 4 is 23.6 Å². The molecule has 5 nitrogen and oxygen atoms in total. The maximum Gasteiger partial charge on any atom is 0.283 e. The largest absolute Gasteiger partial charge is 0.508 e. The van der Waals surface area contributed by atoms with Crippen molar-refractivity contribution < 1.29 is 14.7 Å². The fourth-order valence-electron chi connectivity index (χ4n) is 2.44. The Bertz CT molecular complexity index is 837. The summed E-state index contributed by atoms with van der Waals surface area (Å²) < 4.78 is 0. The molecule has 5 heteroatoms. The van der Waals surface area contributed by atoms with E-state index in [2.05, 4.69) is 5.10 Å². The van der Waals surface area contributed by atoms with Crippen LogP contribution in [0, 0.1) is 0 Å². The van der Waals surface area contributed by atoms with Crippen LogP contribution in [0.3, 0.4) is 0 Å². The second-order valence-corrected chi connectivity index (χ2v) is 5.51. The molecule has 1 heterocycles. The standard InChI is InChI=1S/C19H16N2O3/c1-13-17(11-15-7-9-16(22)10-8-15)19(24)21(20-13)18(23)12-14-5-3-2-4-6-14/h2-11,22H,12H2,1H3/b17-11-. The third-order valence-corrected chi connectivity index (χ3v) is 3.70. The van der Waals surface area contributed by atoms with E-state index in [1.807, 2.05) is 30.3 Å². The van der Waals surface area contributed by atoms with Gasteiger partial charge < -0.3 is 5.11 Å². The molecular weight excluding hydrogens is 304 g/mol. The van der Waals surface area contributed by atoms with E-state index in [-0.39, 0.29) is 18.1 Å². The van der Waals surface area contributed by atoms with Crippen molar-refractivity contribution in [2.24, 2.45) is 5.10 Å². The molecule has 2 amide bonds. The summed E-state index contributed by atoms with van der Waals surface area (Å²) in [5.74, 6) is -0.638. The summed E-state index contributed by atoms with van der Waals surface area (Å²) in [5.41, 5.74) is 2.46.